The standard InChI is InChI=1S/C12H27NS3/c1-10(2,3)14-13(15-11(4,5)6)16-12(7,8)9/h1-9H3. The third-order valence-electron chi connectivity index (χ3n) is 1.05. The fourth-order valence-corrected chi connectivity index (χ4v) is 6.54. The molecule has 0 bridgehead atoms. The van der Waals surface area contributed by atoms with Crippen LogP contribution in [-0.4, -0.2) is 17.4 Å². The van der Waals surface area contributed by atoms with Gasteiger partial charge in [0.05, 0.1) is 0 Å². The average Bonchev–Trinajstić information content (AvgIpc) is 1.70. The Morgan fingerprint density at radius 2 is 0.688 bits per heavy atom. The summed E-state index contributed by atoms with van der Waals surface area (Å²) in [6.07, 6.45) is 0. The van der Waals surface area contributed by atoms with Crippen molar-refractivity contribution >= 4 is 35.8 Å². The van der Waals surface area contributed by atoms with E-state index < -0.39 is 0 Å². The predicted molar refractivity (Wildman–Crippen MR) is 83.9 cm³/mol. The zero-order valence-electron chi connectivity index (χ0n) is 12.2. The van der Waals surface area contributed by atoms with E-state index in [0.717, 1.165) is 0 Å². The Balaban J connectivity index is 4.53. The van der Waals surface area contributed by atoms with E-state index in [4.69, 9.17) is 0 Å². The number of nitrogens with zero attached hydrogens (tertiary/aromatic N) is 1. The van der Waals surface area contributed by atoms with Gasteiger partial charge in [0.25, 0.3) is 0 Å². The molecule has 4 heteroatoms. The van der Waals surface area contributed by atoms with Crippen LogP contribution in [0.4, 0.5) is 0 Å². The molecule has 1 nitrogen and oxygen atoms in total. The van der Waals surface area contributed by atoms with Crippen LogP contribution >= 0.6 is 35.8 Å². The lowest BCUT2D eigenvalue weighted by Crippen LogP contribution is -2.23. The van der Waals surface area contributed by atoms with Crippen LogP contribution in [0, 0.1) is 0 Å². The molecule has 0 aromatic rings. The summed E-state index contributed by atoms with van der Waals surface area (Å²) in [4.78, 5) is 0. The molecule has 0 rings (SSSR count). The molecule has 0 saturated carbocycles. The van der Waals surface area contributed by atoms with Gasteiger partial charge in [-0.3, -0.25) is 0 Å². The van der Waals surface area contributed by atoms with Crippen molar-refractivity contribution in [2.45, 2.75) is 76.6 Å². The van der Waals surface area contributed by atoms with Crippen molar-refractivity contribution in [3.8, 4) is 0 Å². The van der Waals surface area contributed by atoms with E-state index in [1.54, 1.807) is 0 Å². The van der Waals surface area contributed by atoms with Crippen LogP contribution < -0.4 is 0 Å². The molecule has 98 valence electrons. The molecule has 0 fully saturated rings. The van der Waals surface area contributed by atoms with E-state index in [0.29, 0.717) is 0 Å². The van der Waals surface area contributed by atoms with Crippen LogP contribution in [0.5, 0.6) is 0 Å². The molecule has 0 aliphatic carbocycles. The van der Waals surface area contributed by atoms with E-state index in [1.807, 2.05) is 35.8 Å². The number of hydrogen-bond donors (Lipinski definition) is 0. The highest BCUT2D eigenvalue weighted by Gasteiger charge is 2.27. The van der Waals surface area contributed by atoms with Crippen LogP contribution in [0.25, 0.3) is 0 Å². The Hall–Kier alpha value is 1.01. The van der Waals surface area contributed by atoms with Crippen molar-refractivity contribution in [3.63, 3.8) is 0 Å². The summed E-state index contributed by atoms with van der Waals surface area (Å²) in [5.74, 6) is 0. The van der Waals surface area contributed by atoms with E-state index in [9.17, 15) is 0 Å². The third kappa shape index (κ3) is 11.5. The first-order chi connectivity index (χ1) is 6.79. The van der Waals surface area contributed by atoms with Crippen LogP contribution in [0.2, 0.25) is 0 Å². The molecular weight excluding hydrogens is 254 g/mol. The SMILES string of the molecule is CC(C)(C)SN(SC(C)(C)C)SC(C)(C)C. The van der Waals surface area contributed by atoms with Crippen LogP contribution in [0.1, 0.15) is 62.3 Å². The third-order valence-corrected chi connectivity index (χ3v) is 4.48. The smallest absolute Gasteiger partial charge is 0.0240 e. The maximum atomic E-state index is 2.38. The Morgan fingerprint density at radius 3 is 0.812 bits per heavy atom. The molecule has 0 amide bonds. The van der Waals surface area contributed by atoms with Gasteiger partial charge >= 0.3 is 0 Å². The molecule has 0 aliphatic rings. The lowest BCUT2D eigenvalue weighted by molar-refractivity contribution is 0.763. The lowest BCUT2D eigenvalue weighted by Gasteiger charge is -2.34. The molecule has 0 atom stereocenters. The topological polar surface area (TPSA) is 3.24 Å². The summed E-state index contributed by atoms with van der Waals surface area (Å²) in [6, 6.07) is 0. The molecule has 0 N–H and O–H groups in total. The van der Waals surface area contributed by atoms with Gasteiger partial charge in [-0.15, -0.1) is 3.12 Å². The van der Waals surface area contributed by atoms with Crippen LogP contribution in [0.15, 0.2) is 0 Å². The first kappa shape index (κ1) is 17.0. The molecule has 16 heavy (non-hydrogen) atoms. The van der Waals surface area contributed by atoms with Crippen molar-refractivity contribution in [1.29, 1.82) is 0 Å². The van der Waals surface area contributed by atoms with Crippen molar-refractivity contribution in [1.82, 2.24) is 3.12 Å². The Labute approximate surface area is 115 Å². The quantitative estimate of drug-likeness (QED) is 0.616. The summed E-state index contributed by atoms with van der Waals surface area (Å²) in [5.41, 5.74) is 0. The Morgan fingerprint density at radius 1 is 0.500 bits per heavy atom. The van der Waals surface area contributed by atoms with Crippen LogP contribution in [0.3, 0.4) is 0 Å². The fourth-order valence-electron chi connectivity index (χ4n) is 0.727. The van der Waals surface area contributed by atoms with Gasteiger partial charge in [-0.05, 0) is 62.3 Å². The fraction of sp³-hybridized carbons (Fsp3) is 1.00. The predicted octanol–water partition coefficient (Wildman–Crippen LogP) is 5.63. The summed E-state index contributed by atoms with van der Waals surface area (Å²) in [5, 5.41) is 0. The van der Waals surface area contributed by atoms with Gasteiger partial charge in [-0.1, -0.05) is 35.8 Å². The minimum atomic E-state index is 0.260. The molecule has 0 spiro atoms. The molecule has 0 radical (unpaired) electrons. The van der Waals surface area contributed by atoms with Crippen molar-refractivity contribution in [3.05, 3.63) is 0 Å². The van der Waals surface area contributed by atoms with Gasteiger partial charge in [0, 0.05) is 14.2 Å². The van der Waals surface area contributed by atoms with Crippen LogP contribution in [-0.2, 0) is 0 Å². The number of rotatable bonds is 3. The molecule has 0 heterocycles. The normalized spacial score (nSPS) is 14.6. The molecule has 0 saturated heterocycles. The van der Waals surface area contributed by atoms with Gasteiger partial charge in [0.2, 0.25) is 0 Å². The molecule has 0 aromatic heterocycles. The van der Waals surface area contributed by atoms with Gasteiger partial charge in [-0.2, -0.15) is 0 Å². The summed E-state index contributed by atoms with van der Waals surface area (Å²) < 4.78 is 3.16. The highest BCUT2D eigenvalue weighted by atomic mass is 32.3. The monoisotopic (exact) mass is 281 g/mol. The molecule has 0 unspecified atom stereocenters. The highest BCUT2D eigenvalue weighted by Crippen LogP contribution is 2.47. The zero-order chi connectivity index (χ0) is 13.2. The lowest BCUT2D eigenvalue weighted by atomic mass is 10.3. The Bertz CT molecular complexity index is 170. The summed E-state index contributed by atoms with van der Waals surface area (Å²) >= 11 is 5.74. The second-order valence-electron chi connectivity index (χ2n) is 6.83. The largest absolute Gasteiger partial charge is 0.136 e. The maximum absolute atomic E-state index is 2.38. The van der Waals surface area contributed by atoms with Gasteiger partial charge in [-0.25, -0.2) is 0 Å². The van der Waals surface area contributed by atoms with E-state index in [2.05, 4.69) is 65.4 Å². The zero-order valence-corrected chi connectivity index (χ0v) is 14.6. The average molecular weight is 282 g/mol. The highest BCUT2D eigenvalue weighted by molar-refractivity contribution is 8.26. The first-order valence-electron chi connectivity index (χ1n) is 5.66. The van der Waals surface area contributed by atoms with Gasteiger partial charge in [0.1, 0.15) is 0 Å². The molecule has 0 aromatic carbocycles. The van der Waals surface area contributed by atoms with Crippen molar-refractivity contribution in [2.75, 3.05) is 0 Å². The minimum Gasteiger partial charge on any atom is -0.136 e. The van der Waals surface area contributed by atoms with E-state index in [-0.39, 0.29) is 14.2 Å². The van der Waals surface area contributed by atoms with Crippen molar-refractivity contribution < 1.29 is 0 Å². The molecule has 0 aliphatic heterocycles. The first-order valence-corrected chi connectivity index (χ1v) is 7.98. The maximum Gasteiger partial charge on any atom is 0.0240 e. The second kappa shape index (κ2) is 5.77. The van der Waals surface area contributed by atoms with E-state index in [1.165, 1.54) is 0 Å². The summed E-state index contributed by atoms with van der Waals surface area (Å²) in [6.45, 7) is 20.3. The molecular formula is C12H27NS3. The van der Waals surface area contributed by atoms with Gasteiger partial charge in [0.15, 0.2) is 0 Å². The number of hydrogen-bond acceptors (Lipinski definition) is 4. The summed E-state index contributed by atoms with van der Waals surface area (Å²) in [7, 11) is 0. The Kier molecular flexibility index (Phi) is 6.13. The van der Waals surface area contributed by atoms with Gasteiger partial charge < -0.3 is 0 Å². The minimum absolute atomic E-state index is 0.260. The van der Waals surface area contributed by atoms with E-state index >= 15 is 0 Å². The second-order valence-corrected chi connectivity index (χ2v) is 12.8. The van der Waals surface area contributed by atoms with Crippen molar-refractivity contribution in [2.24, 2.45) is 0 Å².